The van der Waals surface area contributed by atoms with E-state index in [1.807, 2.05) is 0 Å². The van der Waals surface area contributed by atoms with Gasteiger partial charge in [-0.05, 0) is 45.4 Å². The van der Waals surface area contributed by atoms with E-state index in [1.54, 1.807) is 0 Å². The summed E-state index contributed by atoms with van der Waals surface area (Å²) in [6.45, 7) is 7.10. The second-order valence-electron chi connectivity index (χ2n) is 6.30. The summed E-state index contributed by atoms with van der Waals surface area (Å²) in [6.07, 6.45) is 11.2. The molecule has 4 atom stereocenters. The Balaban J connectivity index is 1.86. The van der Waals surface area contributed by atoms with Gasteiger partial charge in [-0.1, -0.05) is 32.6 Å². The third kappa shape index (κ3) is 3.45. The molecule has 17 heavy (non-hydrogen) atoms. The van der Waals surface area contributed by atoms with Crippen LogP contribution in [-0.2, 0) is 0 Å². The highest BCUT2D eigenvalue weighted by molar-refractivity contribution is 4.82. The number of hydrogen-bond donors (Lipinski definition) is 1. The van der Waals surface area contributed by atoms with Gasteiger partial charge < -0.3 is 0 Å². The lowest BCUT2D eigenvalue weighted by Gasteiger charge is -2.43. The van der Waals surface area contributed by atoms with Crippen LogP contribution in [0, 0.1) is 5.92 Å². The van der Waals surface area contributed by atoms with Crippen LogP contribution in [-0.4, -0.2) is 23.1 Å². The smallest absolute Gasteiger partial charge is 0.0218 e. The lowest BCUT2D eigenvalue weighted by molar-refractivity contribution is 0.0181. The number of hydrazine groups is 1. The first kappa shape index (κ1) is 13.4. The Hall–Kier alpha value is -0.0800. The van der Waals surface area contributed by atoms with E-state index in [0.29, 0.717) is 0 Å². The summed E-state index contributed by atoms with van der Waals surface area (Å²) in [5.41, 5.74) is 3.85. The molecule has 0 aromatic heterocycles. The summed E-state index contributed by atoms with van der Waals surface area (Å²) < 4.78 is 0. The van der Waals surface area contributed by atoms with Crippen LogP contribution in [0.1, 0.15) is 72.1 Å². The molecule has 1 heterocycles. The molecule has 2 nitrogen and oxygen atoms in total. The summed E-state index contributed by atoms with van der Waals surface area (Å²) in [4.78, 5) is 0. The molecule has 1 aliphatic carbocycles. The van der Waals surface area contributed by atoms with Crippen LogP contribution in [0.25, 0.3) is 0 Å². The van der Waals surface area contributed by atoms with E-state index in [-0.39, 0.29) is 0 Å². The number of nitrogens with one attached hydrogen (secondary N) is 1. The van der Waals surface area contributed by atoms with Gasteiger partial charge in [0.1, 0.15) is 0 Å². The van der Waals surface area contributed by atoms with Crippen molar-refractivity contribution in [1.29, 1.82) is 0 Å². The first-order chi connectivity index (χ1) is 8.20. The predicted octanol–water partition coefficient (Wildman–Crippen LogP) is 3.72. The molecule has 2 fully saturated rings. The lowest BCUT2D eigenvalue weighted by atomic mass is 9.84. The van der Waals surface area contributed by atoms with E-state index in [9.17, 15) is 0 Å². The molecule has 1 aliphatic heterocycles. The van der Waals surface area contributed by atoms with Crippen molar-refractivity contribution in [3.63, 3.8) is 0 Å². The molecule has 0 aromatic carbocycles. The first-order valence-electron chi connectivity index (χ1n) is 7.75. The van der Waals surface area contributed by atoms with Crippen molar-refractivity contribution in [1.82, 2.24) is 10.4 Å². The Labute approximate surface area is 107 Å². The van der Waals surface area contributed by atoms with Crippen molar-refractivity contribution in [2.75, 3.05) is 0 Å². The zero-order chi connectivity index (χ0) is 12.3. The quantitative estimate of drug-likeness (QED) is 0.806. The van der Waals surface area contributed by atoms with Crippen LogP contribution in [0.2, 0.25) is 0 Å². The fourth-order valence-corrected chi connectivity index (χ4v) is 3.67. The van der Waals surface area contributed by atoms with Gasteiger partial charge in [0.2, 0.25) is 0 Å². The fraction of sp³-hybridized carbons (Fsp3) is 1.00. The number of rotatable bonds is 3. The third-order valence-corrected chi connectivity index (χ3v) is 4.89. The summed E-state index contributed by atoms with van der Waals surface area (Å²) >= 11 is 0. The number of hydrogen-bond acceptors (Lipinski definition) is 2. The highest BCUT2D eigenvalue weighted by Gasteiger charge is 2.28. The molecule has 0 aromatic rings. The van der Waals surface area contributed by atoms with Gasteiger partial charge in [0, 0.05) is 18.1 Å². The van der Waals surface area contributed by atoms with E-state index in [0.717, 1.165) is 24.0 Å². The molecule has 100 valence electrons. The maximum absolute atomic E-state index is 3.85. The van der Waals surface area contributed by atoms with E-state index in [4.69, 9.17) is 0 Å². The van der Waals surface area contributed by atoms with Gasteiger partial charge in [0.15, 0.2) is 0 Å². The standard InChI is InChI=1S/C15H30N2/c1-4-14-9-6-10-15(11-14)16-17-12(2)7-5-8-13(17)3/h12-16H,4-11H2,1-3H3. The monoisotopic (exact) mass is 238 g/mol. The molecule has 1 saturated heterocycles. The maximum Gasteiger partial charge on any atom is 0.0218 e. The minimum atomic E-state index is 0.723. The summed E-state index contributed by atoms with van der Waals surface area (Å²) in [5.74, 6) is 0.969. The van der Waals surface area contributed by atoms with Crippen LogP contribution in [0.5, 0.6) is 0 Å². The van der Waals surface area contributed by atoms with Crippen molar-refractivity contribution in [2.45, 2.75) is 90.3 Å². The van der Waals surface area contributed by atoms with E-state index < -0.39 is 0 Å². The fourth-order valence-electron chi connectivity index (χ4n) is 3.67. The lowest BCUT2D eigenvalue weighted by Crippen LogP contribution is -2.56. The Morgan fingerprint density at radius 1 is 1.00 bits per heavy atom. The zero-order valence-electron chi connectivity index (χ0n) is 11.9. The average Bonchev–Trinajstić information content (AvgIpc) is 2.34. The second-order valence-corrected chi connectivity index (χ2v) is 6.30. The molecule has 2 heteroatoms. The normalized spacial score (nSPS) is 40.4. The van der Waals surface area contributed by atoms with Crippen LogP contribution in [0.3, 0.4) is 0 Å². The largest absolute Gasteiger partial charge is 0.252 e. The van der Waals surface area contributed by atoms with Gasteiger partial charge in [-0.15, -0.1) is 0 Å². The average molecular weight is 238 g/mol. The predicted molar refractivity (Wildman–Crippen MR) is 73.8 cm³/mol. The summed E-state index contributed by atoms with van der Waals surface area (Å²) in [6, 6.07) is 2.19. The SMILES string of the molecule is CCC1CCCC(NN2C(C)CCCC2C)C1. The Kier molecular flexibility index (Phi) is 4.87. The Bertz CT molecular complexity index is 219. The number of piperidine rings is 1. The zero-order valence-corrected chi connectivity index (χ0v) is 11.9. The molecule has 1 saturated carbocycles. The van der Waals surface area contributed by atoms with Gasteiger partial charge >= 0.3 is 0 Å². The Morgan fingerprint density at radius 3 is 2.29 bits per heavy atom. The highest BCUT2D eigenvalue weighted by atomic mass is 15.5. The molecule has 2 rings (SSSR count). The van der Waals surface area contributed by atoms with Crippen molar-refractivity contribution >= 4 is 0 Å². The molecule has 4 unspecified atom stereocenters. The molecule has 1 N–H and O–H groups in total. The van der Waals surface area contributed by atoms with Gasteiger partial charge in [-0.2, -0.15) is 0 Å². The highest BCUT2D eigenvalue weighted by Crippen LogP contribution is 2.28. The number of nitrogens with zero attached hydrogens (tertiary/aromatic N) is 1. The summed E-state index contributed by atoms with van der Waals surface area (Å²) in [7, 11) is 0. The van der Waals surface area contributed by atoms with Gasteiger partial charge in [-0.25, -0.2) is 5.01 Å². The van der Waals surface area contributed by atoms with Crippen molar-refractivity contribution in [3.05, 3.63) is 0 Å². The Morgan fingerprint density at radius 2 is 1.65 bits per heavy atom. The minimum Gasteiger partial charge on any atom is -0.252 e. The second kappa shape index (κ2) is 6.19. The van der Waals surface area contributed by atoms with Crippen LogP contribution >= 0.6 is 0 Å². The van der Waals surface area contributed by atoms with Crippen molar-refractivity contribution in [2.24, 2.45) is 5.92 Å². The van der Waals surface area contributed by atoms with Crippen molar-refractivity contribution < 1.29 is 0 Å². The molecule has 0 radical (unpaired) electrons. The third-order valence-electron chi connectivity index (χ3n) is 4.89. The topological polar surface area (TPSA) is 15.3 Å². The molecule has 0 spiro atoms. The van der Waals surface area contributed by atoms with Crippen molar-refractivity contribution in [3.8, 4) is 0 Å². The van der Waals surface area contributed by atoms with Crippen LogP contribution in [0.4, 0.5) is 0 Å². The van der Waals surface area contributed by atoms with Gasteiger partial charge in [0.05, 0.1) is 0 Å². The van der Waals surface area contributed by atoms with Gasteiger partial charge in [0.25, 0.3) is 0 Å². The molecule has 0 amide bonds. The first-order valence-corrected chi connectivity index (χ1v) is 7.75. The molecular formula is C15H30N2. The van der Waals surface area contributed by atoms with E-state index in [1.165, 1.54) is 51.4 Å². The minimum absolute atomic E-state index is 0.723. The maximum atomic E-state index is 3.85. The van der Waals surface area contributed by atoms with E-state index >= 15 is 0 Å². The molecule has 0 bridgehead atoms. The van der Waals surface area contributed by atoms with Crippen LogP contribution < -0.4 is 5.43 Å². The summed E-state index contributed by atoms with van der Waals surface area (Å²) in [5, 5.41) is 2.56. The molecule has 2 aliphatic rings. The van der Waals surface area contributed by atoms with E-state index in [2.05, 4.69) is 31.2 Å². The van der Waals surface area contributed by atoms with Gasteiger partial charge in [-0.3, -0.25) is 5.43 Å². The molecular weight excluding hydrogens is 208 g/mol. The van der Waals surface area contributed by atoms with Crippen LogP contribution in [0.15, 0.2) is 0 Å².